The van der Waals surface area contributed by atoms with Crippen molar-refractivity contribution in [2.24, 2.45) is 0 Å². The van der Waals surface area contributed by atoms with E-state index in [1.165, 1.54) is 0 Å². The van der Waals surface area contributed by atoms with Crippen LogP contribution in [-0.2, 0) is 6.18 Å². The third kappa shape index (κ3) is 2.68. The molecule has 0 heterocycles. The van der Waals surface area contributed by atoms with Crippen molar-refractivity contribution in [3.63, 3.8) is 0 Å². The van der Waals surface area contributed by atoms with Gasteiger partial charge in [-0.1, -0.05) is 0 Å². The first-order chi connectivity index (χ1) is 6.86. The highest BCUT2D eigenvalue weighted by Crippen LogP contribution is 2.30. The summed E-state index contributed by atoms with van der Waals surface area (Å²) in [5.41, 5.74) is -1.71. The van der Waals surface area contributed by atoms with Crippen molar-refractivity contribution in [1.82, 2.24) is 0 Å². The normalized spacial score (nSPS) is 11.5. The zero-order valence-electron chi connectivity index (χ0n) is 7.24. The lowest BCUT2D eigenvalue weighted by atomic mass is 10.1. The van der Waals surface area contributed by atoms with E-state index in [-0.39, 0.29) is 0 Å². The first-order valence-electron chi connectivity index (χ1n) is 3.82. The molecule has 0 aliphatic carbocycles. The summed E-state index contributed by atoms with van der Waals surface area (Å²) in [5.74, 6) is -2.44. The van der Waals surface area contributed by atoms with Crippen LogP contribution >= 0.6 is 11.6 Å². The highest BCUT2D eigenvalue weighted by atomic mass is 35.5. The molecule has 0 radical (unpaired) electrons. The molecule has 0 aliphatic heterocycles. The van der Waals surface area contributed by atoms with E-state index >= 15 is 0 Å². The Morgan fingerprint density at radius 2 is 1.93 bits per heavy atom. The van der Waals surface area contributed by atoms with E-state index in [2.05, 4.69) is 0 Å². The zero-order chi connectivity index (χ0) is 11.6. The summed E-state index contributed by atoms with van der Waals surface area (Å²) < 4.78 is 49.5. The van der Waals surface area contributed by atoms with Gasteiger partial charge in [0.05, 0.1) is 17.0 Å². The van der Waals surface area contributed by atoms with Crippen LogP contribution < -0.4 is 0 Å². The number of carbonyl (C=O) groups excluding carboxylic acids is 1. The van der Waals surface area contributed by atoms with E-state index in [0.717, 1.165) is 0 Å². The average Bonchev–Trinajstić information content (AvgIpc) is 2.15. The van der Waals surface area contributed by atoms with E-state index in [4.69, 9.17) is 11.6 Å². The molecule has 0 fully saturated rings. The molecule has 0 aromatic heterocycles. The van der Waals surface area contributed by atoms with Crippen molar-refractivity contribution < 1.29 is 22.4 Å². The predicted molar refractivity (Wildman–Crippen MR) is 46.5 cm³/mol. The Morgan fingerprint density at radius 1 is 1.33 bits per heavy atom. The van der Waals surface area contributed by atoms with Crippen LogP contribution in [-0.4, -0.2) is 11.7 Å². The minimum atomic E-state index is -4.60. The molecule has 0 bridgehead atoms. The van der Waals surface area contributed by atoms with E-state index in [0.29, 0.717) is 18.2 Å². The summed E-state index contributed by atoms with van der Waals surface area (Å²) in [6.07, 6.45) is -4.60. The molecular formula is C9H5ClF4O. The van der Waals surface area contributed by atoms with E-state index in [1.54, 1.807) is 0 Å². The van der Waals surface area contributed by atoms with Crippen LogP contribution in [0, 0.1) is 5.82 Å². The highest BCUT2D eigenvalue weighted by molar-refractivity contribution is 6.30. The summed E-state index contributed by atoms with van der Waals surface area (Å²) in [4.78, 5) is 11.0. The third-order valence-corrected chi connectivity index (χ3v) is 1.96. The summed E-state index contributed by atoms with van der Waals surface area (Å²) in [7, 11) is 0. The lowest BCUT2D eigenvalue weighted by Gasteiger charge is -2.08. The maximum absolute atomic E-state index is 12.9. The Kier molecular flexibility index (Phi) is 3.34. The smallest absolute Gasteiger partial charge is 0.293 e. The van der Waals surface area contributed by atoms with Gasteiger partial charge in [0, 0.05) is 0 Å². The molecule has 1 nitrogen and oxygen atoms in total. The Labute approximate surface area is 87.7 Å². The van der Waals surface area contributed by atoms with Crippen molar-refractivity contribution in [2.75, 3.05) is 5.88 Å². The number of halogens is 5. The zero-order valence-corrected chi connectivity index (χ0v) is 7.99. The minimum absolute atomic E-state index is 0.458. The van der Waals surface area contributed by atoms with Gasteiger partial charge in [0.1, 0.15) is 5.82 Å². The second-order valence-electron chi connectivity index (χ2n) is 2.75. The standard InChI is InChI=1S/C9H5ClF4O/c10-4-8(15)6-3-5(9(12,13)14)1-2-7(6)11/h1-3H,4H2. The van der Waals surface area contributed by atoms with E-state index in [9.17, 15) is 22.4 Å². The van der Waals surface area contributed by atoms with Crippen LogP contribution in [0.25, 0.3) is 0 Å². The average molecular weight is 241 g/mol. The molecule has 0 N–H and O–H groups in total. The fraction of sp³-hybridized carbons (Fsp3) is 0.222. The number of hydrogen-bond acceptors (Lipinski definition) is 1. The molecule has 0 saturated carbocycles. The molecule has 15 heavy (non-hydrogen) atoms. The van der Waals surface area contributed by atoms with Crippen LogP contribution in [0.1, 0.15) is 15.9 Å². The van der Waals surface area contributed by atoms with Crippen molar-refractivity contribution in [3.05, 3.63) is 35.1 Å². The van der Waals surface area contributed by atoms with Crippen LogP contribution in [0.15, 0.2) is 18.2 Å². The maximum Gasteiger partial charge on any atom is 0.416 e. The Hall–Kier alpha value is -1.10. The van der Waals surface area contributed by atoms with Crippen LogP contribution in [0.3, 0.4) is 0 Å². The fourth-order valence-electron chi connectivity index (χ4n) is 0.987. The first kappa shape index (κ1) is 12.0. The second-order valence-corrected chi connectivity index (χ2v) is 3.02. The highest BCUT2D eigenvalue weighted by Gasteiger charge is 2.31. The summed E-state index contributed by atoms with van der Waals surface area (Å²) >= 11 is 5.13. The van der Waals surface area contributed by atoms with Gasteiger partial charge in [-0.15, -0.1) is 11.6 Å². The van der Waals surface area contributed by atoms with Crippen molar-refractivity contribution in [3.8, 4) is 0 Å². The maximum atomic E-state index is 12.9. The summed E-state index contributed by atoms with van der Waals surface area (Å²) in [6, 6.07) is 1.63. The SMILES string of the molecule is O=C(CCl)c1cc(C(F)(F)F)ccc1F. The number of rotatable bonds is 2. The van der Waals surface area contributed by atoms with Gasteiger partial charge in [0.25, 0.3) is 0 Å². The Balaban J connectivity index is 3.23. The van der Waals surface area contributed by atoms with Gasteiger partial charge >= 0.3 is 6.18 Å². The van der Waals surface area contributed by atoms with Gasteiger partial charge in [-0.3, -0.25) is 4.79 Å². The van der Waals surface area contributed by atoms with Crippen molar-refractivity contribution >= 4 is 17.4 Å². The number of carbonyl (C=O) groups is 1. The van der Waals surface area contributed by atoms with Crippen molar-refractivity contribution in [2.45, 2.75) is 6.18 Å². The lowest BCUT2D eigenvalue weighted by Crippen LogP contribution is -2.10. The molecule has 0 aliphatic rings. The fourth-order valence-corrected chi connectivity index (χ4v) is 1.13. The number of benzene rings is 1. The Morgan fingerprint density at radius 3 is 2.40 bits per heavy atom. The molecule has 0 amide bonds. The van der Waals surface area contributed by atoms with Gasteiger partial charge in [0.15, 0.2) is 5.78 Å². The number of ketones is 1. The molecule has 6 heteroatoms. The molecule has 1 rings (SSSR count). The lowest BCUT2D eigenvalue weighted by molar-refractivity contribution is -0.137. The van der Waals surface area contributed by atoms with Crippen molar-refractivity contribution in [1.29, 1.82) is 0 Å². The Bertz CT molecular complexity index is 386. The quantitative estimate of drug-likeness (QED) is 0.441. The van der Waals surface area contributed by atoms with Gasteiger partial charge in [-0.25, -0.2) is 4.39 Å². The van der Waals surface area contributed by atoms with Gasteiger partial charge in [-0.2, -0.15) is 13.2 Å². The van der Waals surface area contributed by atoms with Crippen LogP contribution in [0.4, 0.5) is 17.6 Å². The minimum Gasteiger partial charge on any atom is -0.293 e. The van der Waals surface area contributed by atoms with Crippen LogP contribution in [0.5, 0.6) is 0 Å². The monoisotopic (exact) mass is 240 g/mol. The molecule has 1 aromatic rings. The van der Waals surface area contributed by atoms with Gasteiger partial charge in [-0.05, 0) is 18.2 Å². The second kappa shape index (κ2) is 4.18. The topological polar surface area (TPSA) is 17.1 Å². The van der Waals surface area contributed by atoms with Crippen LogP contribution in [0.2, 0.25) is 0 Å². The third-order valence-electron chi connectivity index (χ3n) is 1.72. The van der Waals surface area contributed by atoms with E-state index < -0.39 is 34.8 Å². The largest absolute Gasteiger partial charge is 0.416 e. The molecule has 0 atom stereocenters. The van der Waals surface area contributed by atoms with Gasteiger partial charge in [0.2, 0.25) is 0 Å². The molecular weight excluding hydrogens is 236 g/mol. The van der Waals surface area contributed by atoms with E-state index in [1.807, 2.05) is 0 Å². The number of hydrogen-bond donors (Lipinski definition) is 0. The van der Waals surface area contributed by atoms with Gasteiger partial charge < -0.3 is 0 Å². The summed E-state index contributed by atoms with van der Waals surface area (Å²) in [6.45, 7) is 0. The predicted octanol–water partition coefficient (Wildman–Crippen LogP) is 3.27. The molecule has 0 unspecified atom stereocenters. The first-order valence-corrected chi connectivity index (χ1v) is 4.35. The molecule has 1 aromatic carbocycles. The molecule has 82 valence electrons. The summed E-state index contributed by atoms with van der Waals surface area (Å²) in [5, 5.41) is 0. The molecule has 0 saturated heterocycles. The number of Topliss-reactive ketones (excluding diaryl/α,β-unsaturated/α-hetero) is 1. The molecule has 0 spiro atoms. The number of alkyl halides is 4.